The molecule has 8 nitrogen and oxygen atoms in total. The van der Waals surface area contributed by atoms with Crippen LogP contribution >= 0.6 is 23.4 Å². The molecule has 0 saturated heterocycles. The van der Waals surface area contributed by atoms with E-state index in [0.717, 1.165) is 0 Å². The average molecular weight is 454 g/mol. The minimum Gasteiger partial charge on any atom is -0.495 e. The largest absolute Gasteiger partial charge is 0.495 e. The number of aromatic nitrogens is 1. The summed E-state index contributed by atoms with van der Waals surface area (Å²) in [6.07, 6.45) is 1.59. The van der Waals surface area contributed by atoms with Crippen LogP contribution in [0.25, 0.3) is 11.3 Å². The van der Waals surface area contributed by atoms with Gasteiger partial charge in [-0.15, -0.1) is 11.8 Å². The summed E-state index contributed by atoms with van der Waals surface area (Å²) in [6.45, 7) is 0. The van der Waals surface area contributed by atoms with Crippen LogP contribution in [0.3, 0.4) is 0 Å². The summed E-state index contributed by atoms with van der Waals surface area (Å²) in [4.78, 5) is 16.5. The van der Waals surface area contributed by atoms with Crippen molar-refractivity contribution < 1.29 is 13.9 Å². The molecule has 0 spiro atoms. The Balaban J connectivity index is 1.73. The first kappa shape index (κ1) is 22.0. The number of pyridine rings is 1. The van der Waals surface area contributed by atoms with Crippen LogP contribution in [0.15, 0.2) is 46.0 Å². The van der Waals surface area contributed by atoms with Gasteiger partial charge < -0.3 is 20.2 Å². The van der Waals surface area contributed by atoms with Crippen LogP contribution in [-0.4, -0.2) is 23.8 Å². The van der Waals surface area contributed by atoms with Crippen LogP contribution in [-0.2, 0) is 4.79 Å². The van der Waals surface area contributed by atoms with Crippen molar-refractivity contribution in [3.63, 3.8) is 0 Å². The van der Waals surface area contributed by atoms with Gasteiger partial charge in [0, 0.05) is 17.9 Å². The van der Waals surface area contributed by atoms with Gasteiger partial charge in [-0.05, 0) is 30.3 Å². The minimum atomic E-state index is -0.236. The number of hydrogen-bond donors (Lipinski definition) is 2. The molecule has 0 aliphatic carbocycles. The van der Waals surface area contributed by atoms with Gasteiger partial charge >= 0.3 is 0 Å². The number of benzene rings is 1. The molecule has 0 saturated carbocycles. The molecule has 3 N–H and O–H groups in total. The molecule has 0 atom stereocenters. The van der Waals surface area contributed by atoms with Crippen LogP contribution < -0.4 is 15.8 Å². The number of methoxy groups -OCH3 is 1. The fourth-order valence-electron chi connectivity index (χ4n) is 2.78. The van der Waals surface area contributed by atoms with Crippen LogP contribution in [0.2, 0.25) is 5.02 Å². The van der Waals surface area contributed by atoms with Crippen molar-refractivity contribution >= 4 is 40.8 Å². The molecule has 0 aliphatic heterocycles. The van der Waals surface area contributed by atoms with Crippen molar-refractivity contribution in [3.8, 4) is 29.2 Å². The molecule has 1 amide bonds. The van der Waals surface area contributed by atoms with E-state index >= 15 is 0 Å². The number of carbonyl (C=O) groups is 1. The fraction of sp³-hybridized carbons (Fsp3) is 0.143. The molecular weight excluding hydrogens is 438 g/mol. The number of thioether (sulfide) groups is 1. The van der Waals surface area contributed by atoms with Crippen LogP contribution in [0.1, 0.15) is 17.5 Å². The molecule has 3 rings (SSSR count). The molecule has 0 radical (unpaired) electrons. The Morgan fingerprint density at radius 3 is 2.71 bits per heavy atom. The topological polar surface area (TPSA) is 138 Å². The number of furan rings is 1. The number of carbonyl (C=O) groups excluding carboxylic acids is 1. The fourth-order valence-corrected chi connectivity index (χ4v) is 3.97. The lowest BCUT2D eigenvalue weighted by molar-refractivity contribution is -0.115. The lowest BCUT2D eigenvalue weighted by Gasteiger charge is -2.11. The predicted molar refractivity (Wildman–Crippen MR) is 118 cm³/mol. The first-order valence-electron chi connectivity index (χ1n) is 8.92. The molecule has 0 bridgehead atoms. The molecule has 0 fully saturated rings. The zero-order valence-electron chi connectivity index (χ0n) is 16.3. The second-order valence-electron chi connectivity index (χ2n) is 6.12. The standard InChI is InChI=1S/C21H16ClN5O3S/c1-29-16-5-4-12(9-15(16)22)26-18(28)6-8-31-21-14(11-24)19(17-3-2-7-30-17)13(10-23)20(25)27-21/h2-5,7,9H,6,8H2,1H3,(H2,25,27)(H,26,28). The number of nitrogens with zero attached hydrogens (tertiary/aromatic N) is 3. The van der Waals surface area contributed by atoms with E-state index in [1.807, 2.05) is 6.07 Å². The van der Waals surface area contributed by atoms with Gasteiger partial charge in [0.1, 0.15) is 40.1 Å². The Morgan fingerprint density at radius 2 is 2.10 bits per heavy atom. The smallest absolute Gasteiger partial charge is 0.225 e. The highest BCUT2D eigenvalue weighted by molar-refractivity contribution is 7.99. The lowest BCUT2D eigenvalue weighted by Crippen LogP contribution is -2.12. The number of ether oxygens (including phenoxy) is 1. The van der Waals surface area contributed by atoms with Gasteiger partial charge in [0.15, 0.2) is 0 Å². The number of hydrogen-bond acceptors (Lipinski definition) is 8. The van der Waals surface area contributed by atoms with Crippen LogP contribution in [0.4, 0.5) is 11.5 Å². The summed E-state index contributed by atoms with van der Waals surface area (Å²) in [5, 5.41) is 22.6. The molecule has 10 heteroatoms. The van der Waals surface area contributed by atoms with Gasteiger partial charge in [0.2, 0.25) is 5.91 Å². The SMILES string of the molecule is COc1ccc(NC(=O)CCSc2nc(N)c(C#N)c(-c3ccco3)c2C#N)cc1Cl. The number of nitrogens with one attached hydrogen (secondary N) is 1. The van der Waals surface area contributed by atoms with Gasteiger partial charge in [-0.1, -0.05) is 11.6 Å². The molecule has 3 aromatic rings. The maximum Gasteiger partial charge on any atom is 0.225 e. The van der Waals surface area contributed by atoms with Gasteiger partial charge in [0.25, 0.3) is 0 Å². The quantitative estimate of drug-likeness (QED) is 0.500. The highest BCUT2D eigenvalue weighted by Gasteiger charge is 2.22. The molecule has 2 heterocycles. The summed E-state index contributed by atoms with van der Waals surface area (Å²) >= 11 is 7.26. The molecule has 31 heavy (non-hydrogen) atoms. The van der Waals surface area contributed by atoms with E-state index in [1.165, 1.54) is 25.1 Å². The van der Waals surface area contributed by atoms with E-state index in [1.54, 1.807) is 30.3 Å². The minimum absolute atomic E-state index is 0.00673. The van der Waals surface area contributed by atoms with E-state index < -0.39 is 0 Å². The number of nitriles is 2. The van der Waals surface area contributed by atoms with Crippen molar-refractivity contribution in [1.82, 2.24) is 4.98 Å². The second kappa shape index (κ2) is 9.90. The van der Waals surface area contributed by atoms with E-state index in [2.05, 4.69) is 16.4 Å². The summed E-state index contributed by atoms with van der Waals surface area (Å²) in [5.41, 5.74) is 7.02. The number of amides is 1. The molecular formula is C21H16ClN5O3S. The van der Waals surface area contributed by atoms with Gasteiger partial charge in [-0.2, -0.15) is 10.5 Å². The Bertz CT molecular complexity index is 1200. The number of rotatable bonds is 7. The highest BCUT2D eigenvalue weighted by Crippen LogP contribution is 2.36. The summed E-state index contributed by atoms with van der Waals surface area (Å²) < 4.78 is 10.5. The third-order valence-electron chi connectivity index (χ3n) is 4.19. The van der Waals surface area contributed by atoms with Gasteiger partial charge in [-0.25, -0.2) is 4.98 Å². The first-order valence-corrected chi connectivity index (χ1v) is 10.3. The van der Waals surface area contributed by atoms with Gasteiger partial charge in [-0.3, -0.25) is 4.79 Å². The Kier molecular flexibility index (Phi) is 7.03. The van der Waals surface area contributed by atoms with Crippen molar-refractivity contribution in [2.24, 2.45) is 0 Å². The van der Waals surface area contributed by atoms with E-state index in [4.69, 9.17) is 26.5 Å². The number of halogens is 1. The summed E-state index contributed by atoms with van der Waals surface area (Å²) in [5.74, 6) is 0.947. The molecule has 2 aromatic heterocycles. The van der Waals surface area contributed by atoms with Crippen LogP contribution in [0, 0.1) is 22.7 Å². The highest BCUT2D eigenvalue weighted by atomic mass is 35.5. The third-order valence-corrected chi connectivity index (χ3v) is 5.46. The summed E-state index contributed by atoms with van der Waals surface area (Å²) in [7, 11) is 1.51. The van der Waals surface area contributed by atoms with Crippen molar-refractivity contribution in [2.75, 3.05) is 23.9 Å². The summed E-state index contributed by atoms with van der Waals surface area (Å²) in [6, 6.07) is 12.3. The molecule has 156 valence electrons. The lowest BCUT2D eigenvalue weighted by atomic mass is 10.0. The number of anilines is 2. The van der Waals surface area contributed by atoms with Crippen LogP contribution in [0.5, 0.6) is 5.75 Å². The number of nitrogen functional groups attached to an aromatic ring is 1. The molecule has 0 aliphatic rings. The van der Waals surface area contributed by atoms with E-state index in [9.17, 15) is 15.3 Å². The Labute approximate surface area is 187 Å². The van der Waals surface area contributed by atoms with Gasteiger partial charge in [0.05, 0.1) is 29.5 Å². The molecule has 1 aromatic carbocycles. The molecule has 0 unspecified atom stereocenters. The second-order valence-corrected chi connectivity index (χ2v) is 7.61. The number of nitrogens with two attached hydrogens (primary N) is 1. The first-order chi connectivity index (χ1) is 15.0. The zero-order chi connectivity index (χ0) is 22.4. The normalized spacial score (nSPS) is 10.2. The zero-order valence-corrected chi connectivity index (χ0v) is 17.9. The monoisotopic (exact) mass is 453 g/mol. The third kappa shape index (κ3) is 4.92. The maximum atomic E-state index is 12.3. The van der Waals surface area contributed by atoms with E-state index in [0.29, 0.717) is 38.6 Å². The Hall–Kier alpha value is -3.66. The van der Waals surface area contributed by atoms with Crippen molar-refractivity contribution in [1.29, 1.82) is 10.5 Å². The maximum absolute atomic E-state index is 12.3. The van der Waals surface area contributed by atoms with Crippen molar-refractivity contribution in [3.05, 3.63) is 52.7 Å². The van der Waals surface area contributed by atoms with E-state index in [-0.39, 0.29) is 29.3 Å². The average Bonchev–Trinajstić information content (AvgIpc) is 3.28. The Morgan fingerprint density at radius 1 is 1.32 bits per heavy atom. The predicted octanol–water partition coefficient (Wildman–Crippen LogP) is 4.45. The van der Waals surface area contributed by atoms with Crippen molar-refractivity contribution in [2.45, 2.75) is 11.4 Å².